The molecule has 3 aromatic carbocycles. The van der Waals surface area contributed by atoms with E-state index in [1.807, 2.05) is 0 Å². The molecule has 1 atom stereocenters. The molecule has 4 N–H and O–H groups in total. The van der Waals surface area contributed by atoms with Crippen LogP contribution in [0.4, 0.5) is 13.2 Å². The third kappa shape index (κ3) is 6.02. The van der Waals surface area contributed by atoms with Crippen LogP contribution >= 0.6 is 23.2 Å². The fraction of sp³-hybridized carbons (Fsp3) is 0.103. The summed E-state index contributed by atoms with van der Waals surface area (Å²) in [6.07, 6.45) is 1.33. The van der Waals surface area contributed by atoms with Crippen molar-refractivity contribution >= 4 is 46.0 Å². The van der Waals surface area contributed by atoms with Gasteiger partial charge in [-0.15, -0.1) is 0 Å². The smallest absolute Gasteiger partial charge is 0.326 e. The molecule has 8 nitrogen and oxygen atoms in total. The van der Waals surface area contributed by atoms with Crippen LogP contribution in [0.3, 0.4) is 0 Å². The quantitative estimate of drug-likeness (QED) is 0.219. The zero-order valence-corrected chi connectivity index (χ0v) is 22.9. The van der Waals surface area contributed by atoms with Crippen LogP contribution < -0.4 is 16.7 Å². The first kappa shape index (κ1) is 28.9. The van der Waals surface area contributed by atoms with Gasteiger partial charge in [0.1, 0.15) is 24.0 Å². The Morgan fingerprint density at radius 1 is 1.00 bits per heavy atom. The van der Waals surface area contributed by atoms with E-state index in [-0.39, 0.29) is 33.3 Å². The highest BCUT2D eigenvalue weighted by atomic mass is 35.5. The van der Waals surface area contributed by atoms with E-state index in [0.29, 0.717) is 28.2 Å². The monoisotopic (exact) mass is 613 g/mol. The number of rotatable bonds is 8. The predicted octanol–water partition coefficient (Wildman–Crippen LogP) is 5.31. The Morgan fingerprint density at radius 2 is 1.71 bits per heavy atom. The van der Waals surface area contributed by atoms with Gasteiger partial charge in [-0.05, 0) is 60.0 Å². The SMILES string of the molecule is NC(=O)c1cc(-c2cccnc2C(Cc2cc(F)cc(F)c2)NC(=O)Cn2c(=O)[nH]c3cc(Cl)c(Cl)cc32)ccc1F. The average Bonchev–Trinajstić information content (AvgIpc) is 3.21. The molecule has 2 heterocycles. The molecule has 2 aromatic heterocycles. The molecule has 0 spiro atoms. The highest BCUT2D eigenvalue weighted by Gasteiger charge is 2.23. The molecular weight excluding hydrogens is 594 g/mol. The molecule has 5 aromatic rings. The van der Waals surface area contributed by atoms with Crippen LogP contribution in [0.25, 0.3) is 22.2 Å². The van der Waals surface area contributed by atoms with Crippen LogP contribution in [0.15, 0.2) is 71.7 Å². The fourth-order valence-electron chi connectivity index (χ4n) is 4.69. The van der Waals surface area contributed by atoms with Crippen molar-refractivity contribution in [3.05, 3.63) is 122 Å². The number of hydrogen-bond acceptors (Lipinski definition) is 4. The van der Waals surface area contributed by atoms with Gasteiger partial charge in [0.15, 0.2) is 0 Å². The Hall–Kier alpha value is -4.61. The number of aromatic nitrogens is 3. The highest BCUT2D eigenvalue weighted by molar-refractivity contribution is 6.42. The number of nitrogens with one attached hydrogen (secondary N) is 2. The molecule has 214 valence electrons. The van der Waals surface area contributed by atoms with Crippen LogP contribution in [-0.4, -0.2) is 26.3 Å². The zero-order valence-electron chi connectivity index (χ0n) is 21.4. The van der Waals surface area contributed by atoms with Gasteiger partial charge in [-0.1, -0.05) is 35.3 Å². The molecule has 0 aliphatic carbocycles. The van der Waals surface area contributed by atoms with E-state index in [1.165, 1.54) is 30.5 Å². The van der Waals surface area contributed by atoms with Crippen LogP contribution in [0.2, 0.25) is 10.0 Å². The summed E-state index contributed by atoms with van der Waals surface area (Å²) in [6, 6.07) is 11.8. The summed E-state index contributed by atoms with van der Waals surface area (Å²) in [7, 11) is 0. The molecule has 0 saturated heterocycles. The number of H-pyrrole nitrogens is 1. The van der Waals surface area contributed by atoms with Gasteiger partial charge in [-0.2, -0.15) is 0 Å². The third-order valence-electron chi connectivity index (χ3n) is 6.53. The number of nitrogens with zero attached hydrogens (tertiary/aromatic N) is 2. The zero-order chi connectivity index (χ0) is 30.1. The summed E-state index contributed by atoms with van der Waals surface area (Å²) in [5.41, 5.74) is 6.28. The number of nitrogens with two attached hydrogens (primary N) is 1. The van der Waals surface area contributed by atoms with E-state index in [4.69, 9.17) is 28.9 Å². The lowest BCUT2D eigenvalue weighted by atomic mass is 9.94. The van der Waals surface area contributed by atoms with Gasteiger partial charge in [0.05, 0.1) is 38.4 Å². The Kier molecular flexibility index (Phi) is 8.06. The van der Waals surface area contributed by atoms with Crippen molar-refractivity contribution in [2.24, 2.45) is 5.73 Å². The molecule has 0 saturated carbocycles. The molecule has 2 amide bonds. The van der Waals surface area contributed by atoms with Gasteiger partial charge in [-0.3, -0.25) is 19.1 Å². The average molecular weight is 614 g/mol. The molecule has 0 bridgehead atoms. The number of pyridine rings is 1. The van der Waals surface area contributed by atoms with E-state index in [2.05, 4.69) is 15.3 Å². The van der Waals surface area contributed by atoms with Gasteiger partial charge in [-0.25, -0.2) is 18.0 Å². The molecule has 0 fully saturated rings. The van der Waals surface area contributed by atoms with E-state index >= 15 is 0 Å². The second kappa shape index (κ2) is 11.7. The summed E-state index contributed by atoms with van der Waals surface area (Å²) in [4.78, 5) is 44.8. The highest BCUT2D eigenvalue weighted by Crippen LogP contribution is 2.31. The van der Waals surface area contributed by atoms with Gasteiger partial charge >= 0.3 is 5.69 Å². The first-order valence-corrected chi connectivity index (χ1v) is 13.1. The number of primary amides is 1. The summed E-state index contributed by atoms with van der Waals surface area (Å²) >= 11 is 12.2. The normalized spacial score (nSPS) is 11.9. The number of aromatic amines is 1. The van der Waals surface area contributed by atoms with E-state index in [9.17, 15) is 27.6 Å². The number of carbonyl (C=O) groups is 2. The van der Waals surface area contributed by atoms with Gasteiger partial charge < -0.3 is 16.0 Å². The van der Waals surface area contributed by atoms with Crippen LogP contribution in [0, 0.1) is 17.5 Å². The van der Waals surface area contributed by atoms with Gasteiger partial charge in [0.25, 0.3) is 5.91 Å². The maximum absolute atomic E-state index is 14.2. The number of carbonyl (C=O) groups excluding carboxylic acids is 2. The van der Waals surface area contributed by atoms with Crippen LogP contribution in [0.5, 0.6) is 0 Å². The van der Waals surface area contributed by atoms with E-state index in [1.54, 1.807) is 12.1 Å². The Bertz CT molecular complexity index is 1900. The Morgan fingerprint density at radius 3 is 2.43 bits per heavy atom. The molecular formula is C29H20Cl2F3N5O3. The predicted molar refractivity (Wildman–Crippen MR) is 152 cm³/mol. The molecule has 42 heavy (non-hydrogen) atoms. The number of halogens is 5. The van der Waals surface area contributed by atoms with Gasteiger partial charge in [0, 0.05) is 17.8 Å². The lowest BCUT2D eigenvalue weighted by molar-refractivity contribution is -0.122. The minimum Gasteiger partial charge on any atom is -0.366 e. The summed E-state index contributed by atoms with van der Waals surface area (Å²) in [5.74, 6) is -4.07. The molecule has 0 radical (unpaired) electrons. The standard InChI is InChI=1S/C29H20Cl2F3N5O3/c30-20-11-23-25(12-21(20)31)39(29(42)38-23)13-26(40)37-24(8-14-6-16(32)10-17(33)7-14)27-18(2-1-5-36-27)15-3-4-22(34)19(9-15)28(35)41/h1-7,9-12,24H,8,13H2,(H2,35,41)(H,37,40)(H,38,42). The number of amides is 2. The maximum Gasteiger partial charge on any atom is 0.326 e. The van der Waals surface area contributed by atoms with Crippen molar-refractivity contribution in [2.45, 2.75) is 19.0 Å². The summed E-state index contributed by atoms with van der Waals surface area (Å²) in [5, 5.41) is 3.18. The van der Waals surface area contributed by atoms with Crippen molar-refractivity contribution in [1.82, 2.24) is 19.9 Å². The molecule has 1 unspecified atom stereocenters. The summed E-state index contributed by atoms with van der Waals surface area (Å²) in [6.45, 7) is -0.449. The minimum absolute atomic E-state index is 0.113. The first-order chi connectivity index (χ1) is 20.0. The second-order valence-electron chi connectivity index (χ2n) is 9.40. The lowest BCUT2D eigenvalue weighted by Crippen LogP contribution is -2.35. The van der Waals surface area contributed by atoms with E-state index in [0.717, 1.165) is 22.8 Å². The topological polar surface area (TPSA) is 123 Å². The number of benzene rings is 3. The minimum atomic E-state index is -0.990. The van der Waals surface area contributed by atoms with Crippen LogP contribution in [-0.2, 0) is 17.8 Å². The molecule has 5 rings (SSSR count). The first-order valence-electron chi connectivity index (χ1n) is 12.4. The third-order valence-corrected chi connectivity index (χ3v) is 7.25. The maximum atomic E-state index is 14.2. The second-order valence-corrected chi connectivity index (χ2v) is 10.2. The molecule has 0 aliphatic rings. The van der Waals surface area contributed by atoms with Crippen molar-refractivity contribution in [2.75, 3.05) is 0 Å². The fourth-order valence-corrected chi connectivity index (χ4v) is 5.02. The summed E-state index contributed by atoms with van der Waals surface area (Å²) < 4.78 is 43.5. The number of hydrogen-bond donors (Lipinski definition) is 3. The number of fused-ring (bicyclic) bond motifs is 1. The molecule has 13 heteroatoms. The lowest BCUT2D eigenvalue weighted by Gasteiger charge is -2.22. The molecule has 0 aliphatic heterocycles. The number of imidazole rings is 1. The van der Waals surface area contributed by atoms with Crippen molar-refractivity contribution < 1.29 is 22.8 Å². The Labute approximate surface area is 245 Å². The van der Waals surface area contributed by atoms with E-state index < -0.39 is 47.5 Å². The van der Waals surface area contributed by atoms with Gasteiger partial charge in [0.2, 0.25) is 5.91 Å². The van der Waals surface area contributed by atoms with Crippen molar-refractivity contribution in [3.63, 3.8) is 0 Å². The van der Waals surface area contributed by atoms with Crippen molar-refractivity contribution in [3.8, 4) is 11.1 Å². The Balaban J connectivity index is 1.55. The van der Waals surface area contributed by atoms with Crippen molar-refractivity contribution in [1.29, 1.82) is 0 Å². The largest absolute Gasteiger partial charge is 0.366 e. The van der Waals surface area contributed by atoms with Crippen LogP contribution in [0.1, 0.15) is 27.7 Å².